The smallest absolute Gasteiger partial charge is 0.230 e. The second-order valence-corrected chi connectivity index (χ2v) is 6.33. The van der Waals surface area contributed by atoms with E-state index in [1.54, 1.807) is 19.3 Å². The van der Waals surface area contributed by atoms with Gasteiger partial charge in [0.15, 0.2) is 10.9 Å². The first-order chi connectivity index (χ1) is 11.1. The molecular formula is C16H16N4O2S. The predicted molar refractivity (Wildman–Crippen MR) is 87.8 cm³/mol. The number of thioether (sulfide) groups is 1. The van der Waals surface area contributed by atoms with Crippen molar-refractivity contribution in [1.29, 1.82) is 0 Å². The molecule has 0 saturated carbocycles. The van der Waals surface area contributed by atoms with Crippen LogP contribution in [0.15, 0.2) is 58.3 Å². The maximum Gasteiger partial charge on any atom is 0.230 e. The molecule has 3 rings (SSSR count). The lowest BCUT2D eigenvalue weighted by Crippen LogP contribution is -2.23. The highest BCUT2D eigenvalue weighted by molar-refractivity contribution is 8.00. The van der Waals surface area contributed by atoms with Crippen LogP contribution in [-0.2, 0) is 11.3 Å². The van der Waals surface area contributed by atoms with Crippen LogP contribution < -0.4 is 5.73 Å². The van der Waals surface area contributed by atoms with Crippen LogP contribution in [0.4, 0.5) is 0 Å². The molecule has 2 heterocycles. The molecule has 2 aromatic heterocycles. The molecule has 1 unspecified atom stereocenters. The Morgan fingerprint density at radius 3 is 2.70 bits per heavy atom. The first-order valence-electron chi connectivity index (χ1n) is 7.12. The molecular weight excluding hydrogens is 312 g/mol. The Morgan fingerprint density at radius 2 is 2.04 bits per heavy atom. The molecule has 1 amide bonds. The number of benzene rings is 1. The molecule has 0 aliphatic carbocycles. The molecule has 1 atom stereocenters. The third-order valence-corrected chi connectivity index (χ3v) is 4.42. The van der Waals surface area contributed by atoms with E-state index in [0.29, 0.717) is 23.3 Å². The van der Waals surface area contributed by atoms with Crippen LogP contribution >= 0.6 is 11.8 Å². The topological polar surface area (TPSA) is 86.9 Å². The summed E-state index contributed by atoms with van der Waals surface area (Å²) in [6.45, 7) is 2.33. The lowest BCUT2D eigenvalue weighted by Gasteiger charge is -2.11. The van der Waals surface area contributed by atoms with Crippen molar-refractivity contribution < 1.29 is 9.21 Å². The van der Waals surface area contributed by atoms with E-state index >= 15 is 0 Å². The Labute approximate surface area is 137 Å². The van der Waals surface area contributed by atoms with E-state index < -0.39 is 5.25 Å². The Kier molecular flexibility index (Phi) is 4.47. The number of hydrogen-bond donors (Lipinski definition) is 1. The van der Waals surface area contributed by atoms with Gasteiger partial charge < -0.3 is 10.2 Å². The fourth-order valence-corrected chi connectivity index (χ4v) is 2.89. The van der Waals surface area contributed by atoms with Crippen LogP contribution in [0.25, 0.3) is 11.6 Å². The number of primary amides is 1. The number of aromatic nitrogens is 3. The van der Waals surface area contributed by atoms with Crippen molar-refractivity contribution in [1.82, 2.24) is 14.8 Å². The molecule has 6 nitrogen and oxygen atoms in total. The van der Waals surface area contributed by atoms with Crippen LogP contribution in [0.5, 0.6) is 0 Å². The van der Waals surface area contributed by atoms with Gasteiger partial charge in [0, 0.05) is 0 Å². The van der Waals surface area contributed by atoms with Crippen molar-refractivity contribution in [2.24, 2.45) is 5.73 Å². The summed E-state index contributed by atoms with van der Waals surface area (Å²) in [6.07, 6.45) is 1.59. The number of nitrogens with two attached hydrogens (primary N) is 1. The van der Waals surface area contributed by atoms with E-state index in [1.807, 2.05) is 41.0 Å². The fourth-order valence-electron chi connectivity index (χ4n) is 2.09. The normalized spacial score (nSPS) is 12.2. The van der Waals surface area contributed by atoms with Gasteiger partial charge in [-0.2, -0.15) is 0 Å². The van der Waals surface area contributed by atoms with Crippen molar-refractivity contribution in [2.75, 3.05) is 0 Å². The molecule has 0 radical (unpaired) electrons. The van der Waals surface area contributed by atoms with Crippen molar-refractivity contribution in [3.8, 4) is 11.6 Å². The summed E-state index contributed by atoms with van der Waals surface area (Å²) in [7, 11) is 0. The zero-order chi connectivity index (χ0) is 16.2. The highest BCUT2D eigenvalue weighted by atomic mass is 32.2. The van der Waals surface area contributed by atoms with E-state index in [1.165, 1.54) is 11.8 Å². The Bertz CT molecular complexity index is 784. The second kappa shape index (κ2) is 6.70. The van der Waals surface area contributed by atoms with Crippen molar-refractivity contribution in [3.63, 3.8) is 0 Å². The van der Waals surface area contributed by atoms with Gasteiger partial charge in [-0.25, -0.2) is 0 Å². The summed E-state index contributed by atoms with van der Waals surface area (Å²) in [5, 5.41) is 8.65. The van der Waals surface area contributed by atoms with Crippen molar-refractivity contribution >= 4 is 17.7 Å². The molecule has 0 bridgehead atoms. The number of amides is 1. The molecule has 0 fully saturated rings. The maximum absolute atomic E-state index is 11.3. The predicted octanol–water partition coefficient (Wildman–Crippen LogP) is 2.55. The number of nitrogens with zero attached hydrogens (tertiary/aromatic N) is 3. The van der Waals surface area contributed by atoms with Gasteiger partial charge in [0.2, 0.25) is 11.7 Å². The quantitative estimate of drug-likeness (QED) is 0.703. The van der Waals surface area contributed by atoms with Gasteiger partial charge in [-0.05, 0) is 24.6 Å². The van der Waals surface area contributed by atoms with E-state index in [-0.39, 0.29) is 5.91 Å². The zero-order valence-corrected chi connectivity index (χ0v) is 13.4. The van der Waals surface area contributed by atoms with E-state index in [0.717, 1.165) is 5.56 Å². The minimum absolute atomic E-state index is 0.385. The van der Waals surface area contributed by atoms with Crippen LogP contribution in [0.3, 0.4) is 0 Å². The molecule has 1 aromatic carbocycles. The number of hydrogen-bond acceptors (Lipinski definition) is 5. The number of carbonyl (C=O) groups excluding carboxylic acids is 1. The molecule has 7 heteroatoms. The van der Waals surface area contributed by atoms with Crippen LogP contribution in [0.2, 0.25) is 0 Å². The first-order valence-corrected chi connectivity index (χ1v) is 8.00. The van der Waals surface area contributed by atoms with Gasteiger partial charge in [-0.1, -0.05) is 42.1 Å². The van der Waals surface area contributed by atoms with E-state index in [2.05, 4.69) is 10.2 Å². The Balaban J connectivity index is 1.98. The Morgan fingerprint density at radius 1 is 1.26 bits per heavy atom. The summed E-state index contributed by atoms with van der Waals surface area (Å²) in [6, 6.07) is 13.6. The van der Waals surface area contributed by atoms with Gasteiger partial charge in [-0.3, -0.25) is 9.36 Å². The lowest BCUT2D eigenvalue weighted by atomic mass is 10.2. The first kappa shape index (κ1) is 15.4. The highest BCUT2D eigenvalue weighted by Crippen LogP contribution is 2.27. The van der Waals surface area contributed by atoms with Gasteiger partial charge in [0.05, 0.1) is 18.1 Å². The van der Waals surface area contributed by atoms with Crippen molar-refractivity contribution in [2.45, 2.75) is 23.9 Å². The summed E-state index contributed by atoms with van der Waals surface area (Å²) in [5.41, 5.74) is 6.46. The number of furan rings is 1. The second-order valence-electron chi connectivity index (χ2n) is 5.02. The van der Waals surface area contributed by atoms with E-state index in [4.69, 9.17) is 10.2 Å². The number of rotatable bonds is 6. The average Bonchev–Trinajstić information content (AvgIpc) is 3.19. The summed E-state index contributed by atoms with van der Waals surface area (Å²) >= 11 is 1.29. The molecule has 118 valence electrons. The molecule has 0 aliphatic rings. The molecule has 23 heavy (non-hydrogen) atoms. The lowest BCUT2D eigenvalue weighted by molar-refractivity contribution is -0.117. The largest absolute Gasteiger partial charge is 0.461 e. The monoisotopic (exact) mass is 328 g/mol. The van der Waals surface area contributed by atoms with Gasteiger partial charge in [0.1, 0.15) is 0 Å². The van der Waals surface area contributed by atoms with Crippen LogP contribution in [0.1, 0.15) is 12.5 Å². The average molecular weight is 328 g/mol. The minimum atomic E-state index is -0.391. The summed E-state index contributed by atoms with van der Waals surface area (Å²) in [4.78, 5) is 11.3. The summed E-state index contributed by atoms with van der Waals surface area (Å²) in [5.74, 6) is 0.869. The molecule has 2 N–H and O–H groups in total. The molecule has 0 spiro atoms. The fraction of sp³-hybridized carbons (Fsp3) is 0.188. The third kappa shape index (κ3) is 3.45. The van der Waals surface area contributed by atoms with Gasteiger partial charge >= 0.3 is 0 Å². The van der Waals surface area contributed by atoms with Crippen LogP contribution in [0, 0.1) is 0 Å². The van der Waals surface area contributed by atoms with Gasteiger partial charge in [0.25, 0.3) is 0 Å². The van der Waals surface area contributed by atoms with E-state index in [9.17, 15) is 4.79 Å². The zero-order valence-electron chi connectivity index (χ0n) is 12.5. The van der Waals surface area contributed by atoms with Crippen molar-refractivity contribution in [3.05, 3.63) is 54.3 Å². The maximum atomic E-state index is 11.3. The SMILES string of the molecule is CC(Sc1nnc(-c2ccco2)n1Cc1ccccc1)C(N)=O. The third-order valence-electron chi connectivity index (χ3n) is 3.32. The summed E-state index contributed by atoms with van der Waals surface area (Å²) < 4.78 is 7.37. The Hall–Kier alpha value is -2.54. The minimum Gasteiger partial charge on any atom is -0.461 e. The highest BCUT2D eigenvalue weighted by Gasteiger charge is 2.20. The van der Waals surface area contributed by atoms with Gasteiger partial charge in [-0.15, -0.1) is 10.2 Å². The number of carbonyl (C=O) groups is 1. The molecule has 3 aromatic rings. The standard InChI is InChI=1S/C16H16N4O2S/c1-11(14(17)21)23-16-19-18-15(13-8-5-9-22-13)20(16)10-12-6-3-2-4-7-12/h2-9,11H,10H2,1H3,(H2,17,21). The van der Waals surface area contributed by atoms with Crippen LogP contribution in [-0.4, -0.2) is 25.9 Å². The molecule has 0 saturated heterocycles. The molecule has 0 aliphatic heterocycles.